The molecule has 10 heteroatoms. The monoisotopic (exact) mass is 491 g/mol. The summed E-state index contributed by atoms with van der Waals surface area (Å²) in [4.78, 5) is 43.7. The summed E-state index contributed by atoms with van der Waals surface area (Å²) in [5, 5.41) is 4.05. The Balaban J connectivity index is 1.47. The molecule has 0 spiro atoms. The number of hydrogen-bond acceptors (Lipinski definition) is 9. The second-order valence-electron chi connectivity index (χ2n) is 8.34. The normalized spacial score (nSPS) is 13.9. The number of rotatable bonds is 11. The number of pyridine rings is 1. The SMILES string of the molecule is NCC(=O)n1nccc1-c1ncccc1COc1cccc(C(=O)CCCN2CCOCC2)c1C=O. The summed E-state index contributed by atoms with van der Waals surface area (Å²) in [5.74, 6) is -0.150. The number of hydrogen-bond donors (Lipinski definition) is 1. The molecule has 0 unspecified atom stereocenters. The van der Waals surface area contributed by atoms with Gasteiger partial charge in [0.1, 0.15) is 12.4 Å². The van der Waals surface area contributed by atoms with Crippen LogP contribution < -0.4 is 10.5 Å². The molecule has 10 nitrogen and oxygen atoms in total. The molecule has 1 saturated heterocycles. The van der Waals surface area contributed by atoms with Crippen molar-refractivity contribution in [1.29, 1.82) is 0 Å². The molecular weight excluding hydrogens is 462 g/mol. The van der Waals surface area contributed by atoms with E-state index < -0.39 is 0 Å². The minimum Gasteiger partial charge on any atom is -0.488 e. The first-order valence-corrected chi connectivity index (χ1v) is 11.9. The van der Waals surface area contributed by atoms with Gasteiger partial charge in [-0.3, -0.25) is 24.3 Å². The van der Waals surface area contributed by atoms with Crippen molar-refractivity contribution in [2.45, 2.75) is 19.4 Å². The number of aromatic nitrogens is 3. The lowest BCUT2D eigenvalue weighted by Crippen LogP contribution is -2.36. The zero-order chi connectivity index (χ0) is 25.3. The number of nitrogens with two attached hydrogens (primary N) is 1. The van der Waals surface area contributed by atoms with Crippen LogP contribution in [0.5, 0.6) is 5.75 Å². The quantitative estimate of drug-likeness (QED) is 0.317. The topological polar surface area (TPSA) is 130 Å². The molecule has 3 heterocycles. The molecule has 1 aromatic carbocycles. The fourth-order valence-corrected chi connectivity index (χ4v) is 4.17. The van der Waals surface area contributed by atoms with E-state index in [1.807, 2.05) is 6.07 Å². The Bertz CT molecular complexity index is 1220. The van der Waals surface area contributed by atoms with Gasteiger partial charge in [-0.1, -0.05) is 18.2 Å². The van der Waals surface area contributed by atoms with Gasteiger partial charge in [0.2, 0.25) is 0 Å². The van der Waals surface area contributed by atoms with Gasteiger partial charge in [-0.05, 0) is 31.2 Å². The molecule has 2 N–H and O–H groups in total. The molecule has 1 aliphatic heterocycles. The van der Waals surface area contributed by atoms with Crippen LogP contribution in [0.4, 0.5) is 0 Å². The summed E-state index contributed by atoms with van der Waals surface area (Å²) in [6.45, 7) is 3.86. The van der Waals surface area contributed by atoms with E-state index in [1.54, 1.807) is 36.5 Å². The zero-order valence-electron chi connectivity index (χ0n) is 20.0. The molecule has 36 heavy (non-hydrogen) atoms. The standard InChI is InChI=1S/C26H29N5O5/c27-16-25(34)31-22(8-10-29-31)26-19(4-2-9-28-26)18-36-24-7-1-5-20(21(24)17-32)23(33)6-3-11-30-12-14-35-15-13-30/h1-2,4-5,7-10,17H,3,6,11-16,18,27H2. The van der Waals surface area contributed by atoms with Crippen LogP contribution in [-0.2, 0) is 11.3 Å². The minimum absolute atomic E-state index is 0.0701. The molecule has 0 saturated carbocycles. The third-order valence-electron chi connectivity index (χ3n) is 6.04. The summed E-state index contributed by atoms with van der Waals surface area (Å²) < 4.78 is 12.5. The number of ketones is 1. The van der Waals surface area contributed by atoms with E-state index >= 15 is 0 Å². The highest BCUT2D eigenvalue weighted by atomic mass is 16.5. The van der Waals surface area contributed by atoms with Gasteiger partial charge in [0, 0.05) is 36.8 Å². The van der Waals surface area contributed by atoms with E-state index in [2.05, 4.69) is 15.0 Å². The van der Waals surface area contributed by atoms with Gasteiger partial charge in [-0.15, -0.1) is 0 Å². The third-order valence-corrected chi connectivity index (χ3v) is 6.04. The molecule has 1 aliphatic rings. The van der Waals surface area contributed by atoms with Crippen LogP contribution in [-0.4, -0.2) is 77.0 Å². The van der Waals surface area contributed by atoms with E-state index in [-0.39, 0.29) is 30.4 Å². The predicted molar refractivity (Wildman–Crippen MR) is 132 cm³/mol. The predicted octanol–water partition coefficient (Wildman–Crippen LogP) is 2.23. The van der Waals surface area contributed by atoms with Crippen molar-refractivity contribution in [3.8, 4) is 17.1 Å². The number of Topliss-reactive ketones (excluding diaryl/α,β-unsaturated/α-hetero) is 1. The van der Waals surface area contributed by atoms with Gasteiger partial charge >= 0.3 is 0 Å². The highest BCUT2D eigenvalue weighted by Gasteiger charge is 2.19. The number of ether oxygens (including phenoxy) is 2. The van der Waals surface area contributed by atoms with Gasteiger partial charge in [-0.25, -0.2) is 0 Å². The van der Waals surface area contributed by atoms with Crippen molar-refractivity contribution in [2.75, 3.05) is 39.4 Å². The van der Waals surface area contributed by atoms with Crippen LogP contribution in [0, 0.1) is 0 Å². The molecule has 0 amide bonds. The van der Waals surface area contributed by atoms with Crippen LogP contribution >= 0.6 is 0 Å². The molecule has 2 aromatic heterocycles. The number of carbonyl (C=O) groups is 3. The second kappa shape index (κ2) is 12.3. The number of nitrogens with zero attached hydrogens (tertiary/aromatic N) is 4. The Morgan fingerprint density at radius 1 is 1.11 bits per heavy atom. The van der Waals surface area contributed by atoms with E-state index in [9.17, 15) is 14.4 Å². The van der Waals surface area contributed by atoms with Crippen LogP contribution in [0.1, 0.15) is 43.9 Å². The smallest absolute Gasteiger partial charge is 0.261 e. The molecule has 0 bridgehead atoms. The summed E-state index contributed by atoms with van der Waals surface area (Å²) in [5.41, 5.74) is 7.76. The van der Waals surface area contributed by atoms with E-state index in [0.717, 1.165) is 19.6 Å². The lowest BCUT2D eigenvalue weighted by Gasteiger charge is -2.26. The molecule has 188 valence electrons. The van der Waals surface area contributed by atoms with Gasteiger partial charge < -0.3 is 15.2 Å². The van der Waals surface area contributed by atoms with Crippen LogP contribution in [0.3, 0.4) is 0 Å². The van der Waals surface area contributed by atoms with Gasteiger partial charge in [0.25, 0.3) is 5.91 Å². The third kappa shape index (κ3) is 5.91. The number of morpholine rings is 1. The molecule has 0 radical (unpaired) electrons. The van der Waals surface area contributed by atoms with Gasteiger partial charge in [-0.2, -0.15) is 9.78 Å². The lowest BCUT2D eigenvalue weighted by molar-refractivity contribution is 0.0371. The Morgan fingerprint density at radius 3 is 2.72 bits per heavy atom. The van der Waals surface area contributed by atoms with Crippen LogP contribution in [0.2, 0.25) is 0 Å². The molecule has 3 aromatic rings. The van der Waals surface area contributed by atoms with Gasteiger partial charge in [0.05, 0.1) is 42.9 Å². The van der Waals surface area contributed by atoms with E-state index in [1.165, 1.54) is 10.9 Å². The number of aldehydes is 1. The first kappa shape index (κ1) is 25.4. The highest BCUT2D eigenvalue weighted by molar-refractivity contribution is 6.04. The maximum Gasteiger partial charge on any atom is 0.261 e. The highest BCUT2D eigenvalue weighted by Crippen LogP contribution is 2.26. The first-order chi connectivity index (χ1) is 17.6. The fourth-order valence-electron chi connectivity index (χ4n) is 4.17. The van der Waals surface area contributed by atoms with Crippen LogP contribution in [0.15, 0.2) is 48.8 Å². The Morgan fingerprint density at radius 2 is 1.94 bits per heavy atom. The second-order valence-corrected chi connectivity index (χ2v) is 8.34. The van der Waals surface area contributed by atoms with Crippen molar-refractivity contribution >= 4 is 18.0 Å². The van der Waals surface area contributed by atoms with E-state index in [0.29, 0.717) is 60.6 Å². The molecular formula is C26H29N5O5. The van der Waals surface area contributed by atoms with Crippen molar-refractivity contribution in [3.63, 3.8) is 0 Å². The summed E-state index contributed by atoms with van der Waals surface area (Å²) >= 11 is 0. The summed E-state index contributed by atoms with van der Waals surface area (Å²) in [6.07, 6.45) is 4.81. The average Bonchev–Trinajstić information content (AvgIpc) is 3.41. The first-order valence-electron chi connectivity index (χ1n) is 11.9. The van der Waals surface area contributed by atoms with Crippen molar-refractivity contribution in [2.24, 2.45) is 5.73 Å². The maximum absolute atomic E-state index is 12.9. The van der Waals surface area contributed by atoms with Crippen molar-refractivity contribution in [3.05, 3.63) is 65.5 Å². The summed E-state index contributed by atoms with van der Waals surface area (Å²) in [7, 11) is 0. The largest absolute Gasteiger partial charge is 0.488 e. The molecule has 0 aliphatic carbocycles. The molecule has 1 fully saturated rings. The van der Waals surface area contributed by atoms with Gasteiger partial charge in [0.15, 0.2) is 12.1 Å². The maximum atomic E-state index is 12.9. The Hall–Kier alpha value is -3.73. The molecule has 4 rings (SSSR count). The summed E-state index contributed by atoms with van der Waals surface area (Å²) in [6, 6.07) is 10.3. The minimum atomic E-state index is -0.365. The van der Waals surface area contributed by atoms with Crippen molar-refractivity contribution in [1.82, 2.24) is 19.7 Å². The van der Waals surface area contributed by atoms with E-state index in [4.69, 9.17) is 15.2 Å². The zero-order valence-corrected chi connectivity index (χ0v) is 20.0. The Labute approximate surface area is 209 Å². The fraction of sp³-hybridized carbons (Fsp3) is 0.346. The number of benzene rings is 1. The van der Waals surface area contributed by atoms with Crippen molar-refractivity contribution < 1.29 is 23.9 Å². The lowest BCUT2D eigenvalue weighted by atomic mass is 10.00. The number of carbonyl (C=O) groups excluding carboxylic acids is 3. The molecule has 0 atom stereocenters. The average molecular weight is 492 g/mol. The Kier molecular flexibility index (Phi) is 8.66. The van der Waals surface area contributed by atoms with Crippen LogP contribution in [0.25, 0.3) is 11.4 Å².